The molecule has 1 N–H and O–H groups in total. The van der Waals surface area contributed by atoms with E-state index in [1.54, 1.807) is 24.5 Å². The lowest BCUT2D eigenvalue weighted by Gasteiger charge is -2.12. The molecule has 8 nitrogen and oxygen atoms in total. The van der Waals surface area contributed by atoms with Crippen molar-refractivity contribution in [2.24, 2.45) is 7.05 Å². The van der Waals surface area contributed by atoms with E-state index in [1.807, 2.05) is 31.5 Å². The third-order valence-electron chi connectivity index (χ3n) is 4.23. The molecule has 1 atom stereocenters. The molecule has 1 unspecified atom stereocenters. The molecule has 0 fully saturated rings. The number of aromatic nitrogens is 3. The van der Waals surface area contributed by atoms with Gasteiger partial charge in [0.15, 0.2) is 22.5 Å². The van der Waals surface area contributed by atoms with E-state index in [1.165, 1.54) is 11.8 Å². The number of hydrogen-bond donors (Lipinski definition) is 1. The van der Waals surface area contributed by atoms with Gasteiger partial charge in [-0.25, -0.2) is 0 Å². The van der Waals surface area contributed by atoms with E-state index in [9.17, 15) is 4.79 Å². The van der Waals surface area contributed by atoms with Crippen molar-refractivity contribution in [2.45, 2.75) is 24.3 Å². The molecule has 9 heteroatoms. The minimum Gasteiger partial charge on any atom is -0.469 e. The fourth-order valence-corrected chi connectivity index (χ4v) is 3.51. The summed E-state index contributed by atoms with van der Waals surface area (Å²) in [6, 6.07) is 7.16. The Morgan fingerprint density at radius 3 is 2.85 bits per heavy atom. The number of benzene rings is 1. The lowest BCUT2D eigenvalue weighted by Crippen LogP contribution is -2.22. The van der Waals surface area contributed by atoms with E-state index in [4.69, 9.17) is 13.9 Å². The fourth-order valence-electron chi connectivity index (χ4n) is 2.70. The maximum Gasteiger partial charge on any atom is 0.237 e. The smallest absolute Gasteiger partial charge is 0.237 e. The van der Waals surface area contributed by atoms with Gasteiger partial charge in [0.25, 0.3) is 0 Å². The van der Waals surface area contributed by atoms with Crippen molar-refractivity contribution < 1.29 is 18.7 Å². The predicted molar refractivity (Wildman–Crippen MR) is 100.0 cm³/mol. The number of thioether (sulfide) groups is 1. The van der Waals surface area contributed by atoms with Crippen LogP contribution >= 0.6 is 11.8 Å². The summed E-state index contributed by atoms with van der Waals surface area (Å²) in [5.41, 5.74) is 1.54. The summed E-state index contributed by atoms with van der Waals surface area (Å²) >= 11 is 1.34. The number of rotatable bonds is 5. The normalized spacial score (nSPS) is 13.6. The zero-order valence-electron chi connectivity index (χ0n) is 15.1. The van der Waals surface area contributed by atoms with Crippen molar-refractivity contribution in [3.05, 3.63) is 36.3 Å². The van der Waals surface area contributed by atoms with Gasteiger partial charge >= 0.3 is 0 Å². The molecule has 0 spiro atoms. The average molecular weight is 386 g/mol. The molecule has 4 rings (SSSR count). The third kappa shape index (κ3) is 3.37. The summed E-state index contributed by atoms with van der Waals surface area (Å²) in [6.07, 6.45) is 1.62. The van der Waals surface area contributed by atoms with Crippen LogP contribution in [-0.2, 0) is 11.8 Å². The Morgan fingerprint density at radius 1 is 1.26 bits per heavy atom. The Bertz CT molecular complexity index is 997. The van der Waals surface area contributed by atoms with Gasteiger partial charge in [-0.1, -0.05) is 11.8 Å². The molecule has 0 saturated carbocycles. The highest BCUT2D eigenvalue weighted by atomic mass is 32.2. The van der Waals surface area contributed by atoms with E-state index < -0.39 is 0 Å². The molecule has 0 bridgehead atoms. The van der Waals surface area contributed by atoms with Crippen LogP contribution in [0.25, 0.3) is 11.4 Å². The van der Waals surface area contributed by atoms with Crippen LogP contribution in [0.5, 0.6) is 11.5 Å². The van der Waals surface area contributed by atoms with E-state index in [0.717, 1.165) is 11.3 Å². The highest BCUT2D eigenvalue weighted by molar-refractivity contribution is 8.00. The maximum atomic E-state index is 12.5. The number of ether oxygens (including phenoxy) is 2. The van der Waals surface area contributed by atoms with Crippen LogP contribution in [0.3, 0.4) is 0 Å². The van der Waals surface area contributed by atoms with Crippen LogP contribution in [0, 0.1) is 6.92 Å². The Labute approximate surface area is 159 Å². The molecule has 27 heavy (non-hydrogen) atoms. The van der Waals surface area contributed by atoms with Crippen LogP contribution in [0.15, 0.2) is 40.1 Å². The first kappa shape index (κ1) is 17.5. The Hall–Kier alpha value is -2.94. The molecule has 0 aliphatic carbocycles. The summed E-state index contributed by atoms with van der Waals surface area (Å²) in [5.74, 6) is 2.64. The SMILES string of the molecule is Cc1occc1-c1nnc(SC(C)C(=O)Nc2ccc3c(c2)OCO3)n1C. The second-order valence-electron chi connectivity index (χ2n) is 6.07. The van der Waals surface area contributed by atoms with E-state index in [0.29, 0.717) is 28.2 Å². The monoisotopic (exact) mass is 386 g/mol. The van der Waals surface area contributed by atoms with Gasteiger partial charge in [-0.2, -0.15) is 0 Å². The number of amides is 1. The van der Waals surface area contributed by atoms with Crippen molar-refractivity contribution in [1.82, 2.24) is 14.8 Å². The zero-order chi connectivity index (χ0) is 19.0. The van der Waals surface area contributed by atoms with Gasteiger partial charge in [0.1, 0.15) is 5.76 Å². The molecule has 140 valence electrons. The topological polar surface area (TPSA) is 91.4 Å². The fraction of sp³-hybridized carbons (Fsp3) is 0.278. The van der Waals surface area contributed by atoms with Crippen LogP contribution in [-0.4, -0.2) is 32.7 Å². The third-order valence-corrected chi connectivity index (χ3v) is 5.36. The number of fused-ring (bicyclic) bond motifs is 1. The minimum absolute atomic E-state index is 0.136. The van der Waals surface area contributed by atoms with E-state index >= 15 is 0 Å². The van der Waals surface area contributed by atoms with Gasteiger partial charge in [0.05, 0.1) is 17.1 Å². The summed E-state index contributed by atoms with van der Waals surface area (Å²) in [5, 5.41) is 11.6. The van der Waals surface area contributed by atoms with Crippen molar-refractivity contribution in [3.8, 4) is 22.9 Å². The van der Waals surface area contributed by atoms with Gasteiger partial charge in [-0.15, -0.1) is 10.2 Å². The second kappa shape index (κ2) is 6.99. The van der Waals surface area contributed by atoms with Gasteiger partial charge in [0, 0.05) is 18.8 Å². The number of furan rings is 1. The van der Waals surface area contributed by atoms with Crippen LogP contribution in [0.4, 0.5) is 5.69 Å². The first-order valence-corrected chi connectivity index (χ1v) is 9.22. The number of aryl methyl sites for hydroxylation is 1. The molecule has 1 aliphatic rings. The maximum absolute atomic E-state index is 12.5. The molecule has 1 amide bonds. The van der Waals surface area contributed by atoms with E-state index in [-0.39, 0.29) is 18.0 Å². The molecule has 0 saturated heterocycles. The van der Waals surface area contributed by atoms with Gasteiger partial charge in [-0.3, -0.25) is 4.79 Å². The van der Waals surface area contributed by atoms with Crippen molar-refractivity contribution in [2.75, 3.05) is 12.1 Å². The zero-order valence-corrected chi connectivity index (χ0v) is 15.9. The number of carbonyl (C=O) groups excluding carboxylic acids is 1. The van der Waals surface area contributed by atoms with Crippen LogP contribution in [0.1, 0.15) is 12.7 Å². The Morgan fingerprint density at radius 2 is 2.07 bits per heavy atom. The lowest BCUT2D eigenvalue weighted by atomic mass is 10.2. The predicted octanol–water partition coefficient (Wildman–Crippen LogP) is 3.23. The number of nitrogens with zero attached hydrogens (tertiary/aromatic N) is 3. The molecule has 1 aromatic carbocycles. The molecule has 2 aromatic heterocycles. The number of nitrogens with one attached hydrogen (secondary N) is 1. The largest absolute Gasteiger partial charge is 0.469 e. The first-order chi connectivity index (χ1) is 13.0. The minimum atomic E-state index is -0.364. The summed E-state index contributed by atoms with van der Waals surface area (Å²) in [6.45, 7) is 3.90. The molecule has 0 radical (unpaired) electrons. The Kier molecular flexibility index (Phi) is 4.53. The molecular formula is C18H18N4O4S. The van der Waals surface area contributed by atoms with Gasteiger partial charge in [0.2, 0.25) is 12.7 Å². The summed E-state index contributed by atoms with van der Waals surface area (Å²) in [7, 11) is 1.87. The lowest BCUT2D eigenvalue weighted by molar-refractivity contribution is -0.115. The Balaban J connectivity index is 1.44. The van der Waals surface area contributed by atoms with Gasteiger partial charge < -0.3 is 23.8 Å². The van der Waals surface area contributed by atoms with Crippen molar-refractivity contribution in [3.63, 3.8) is 0 Å². The van der Waals surface area contributed by atoms with E-state index in [2.05, 4.69) is 15.5 Å². The summed E-state index contributed by atoms with van der Waals surface area (Å²) in [4.78, 5) is 12.5. The standard InChI is InChI=1S/C18H18N4O4S/c1-10-13(6-7-24-10)16-20-21-18(22(16)3)27-11(2)17(23)19-12-4-5-14-15(8-12)26-9-25-14/h4-8,11H,9H2,1-3H3,(H,19,23). The highest BCUT2D eigenvalue weighted by Gasteiger charge is 2.21. The number of hydrogen-bond acceptors (Lipinski definition) is 7. The molecular weight excluding hydrogens is 368 g/mol. The highest BCUT2D eigenvalue weighted by Crippen LogP contribution is 2.34. The number of carbonyl (C=O) groups is 1. The number of anilines is 1. The van der Waals surface area contributed by atoms with Crippen molar-refractivity contribution in [1.29, 1.82) is 0 Å². The van der Waals surface area contributed by atoms with Crippen molar-refractivity contribution >= 4 is 23.4 Å². The summed E-state index contributed by atoms with van der Waals surface area (Å²) < 4.78 is 17.8. The quantitative estimate of drug-likeness (QED) is 0.673. The second-order valence-corrected chi connectivity index (χ2v) is 7.38. The molecule has 1 aliphatic heterocycles. The first-order valence-electron chi connectivity index (χ1n) is 8.34. The molecule has 3 heterocycles. The van der Waals surface area contributed by atoms with Crippen LogP contribution < -0.4 is 14.8 Å². The molecule has 3 aromatic rings. The average Bonchev–Trinajstić information content (AvgIpc) is 3.36. The van der Waals surface area contributed by atoms with Gasteiger partial charge in [-0.05, 0) is 32.0 Å². The van der Waals surface area contributed by atoms with Crippen LogP contribution in [0.2, 0.25) is 0 Å².